The molecular formula is C23H24N2O5S. The van der Waals surface area contributed by atoms with Gasteiger partial charge in [0.2, 0.25) is 0 Å². The summed E-state index contributed by atoms with van der Waals surface area (Å²) in [5.74, 6) is 0.746. The molecule has 0 atom stereocenters. The molecule has 0 saturated heterocycles. The molecule has 0 aromatic heterocycles. The summed E-state index contributed by atoms with van der Waals surface area (Å²) >= 11 is 0. The average Bonchev–Trinajstić information content (AvgIpc) is 2.75. The molecule has 0 spiro atoms. The van der Waals surface area contributed by atoms with E-state index < -0.39 is 10.0 Å². The molecule has 0 aliphatic heterocycles. The average molecular weight is 441 g/mol. The van der Waals surface area contributed by atoms with Crippen LogP contribution in [0.3, 0.4) is 0 Å². The van der Waals surface area contributed by atoms with Crippen molar-refractivity contribution in [1.29, 1.82) is 0 Å². The van der Waals surface area contributed by atoms with E-state index in [4.69, 9.17) is 9.47 Å². The van der Waals surface area contributed by atoms with Gasteiger partial charge >= 0.3 is 0 Å². The molecule has 0 fully saturated rings. The van der Waals surface area contributed by atoms with Crippen LogP contribution in [-0.4, -0.2) is 28.5 Å². The third-order valence-corrected chi connectivity index (χ3v) is 6.17. The minimum absolute atomic E-state index is 0.223. The molecular weight excluding hydrogens is 416 g/mol. The lowest BCUT2D eigenvalue weighted by molar-refractivity contribution is 0.102. The van der Waals surface area contributed by atoms with Crippen molar-refractivity contribution >= 4 is 27.3 Å². The first-order valence-electron chi connectivity index (χ1n) is 9.46. The van der Waals surface area contributed by atoms with Crippen LogP contribution in [0.25, 0.3) is 0 Å². The molecule has 3 aromatic carbocycles. The van der Waals surface area contributed by atoms with Gasteiger partial charge in [0.1, 0.15) is 11.5 Å². The Kier molecular flexibility index (Phi) is 6.50. The largest absolute Gasteiger partial charge is 0.497 e. The molecule has 3 aromatic rings. The summed E-state index contributed by atoms with van der Waals surface area (Å²) in [6.07, 6.45) is 0. The number of benzene rings is 3. The van der Waals surface area contributed by atoms with Gasteiger partial charge in [-0.15, -0.1) is 0 Å². The Labute approximate surface area is 182 Å². The van der Waals surface area contributed by atoms with E-state index in [0.29, 0.717) is 34.0 Å². The first-order valence-corrected chi connectivity index (χ1v) is 10.9. The highest BCUT2D eigenvalue weighted by Crippen LogP contribution is 2.26. The van der Waals surface area contributed by atoms with Gasteiger partial charge in [0.25, 0.3) is 15.9 Å². The second-order valence-electron chi connectivity index (χ2n) is 7.01. The van der Waals surface area contributed by atoms with Gasteiger partial charge in [-0.25, -0.2) is 8.42 Å². The van der Waals surface area contributed by atoms with Crippen LogP contribution in [0.5, 0.6) is 11.5 Å². The van der Waals surface area contributed by atoms with E-state index in [1.54, 1.807) is 61.5 Å². The Bertz CT molecular complexity index is 1180. The maximum Gasteiger partial charge on any atom is 0.262 e. The van der Waals surface area contributed by atoms with Crippen molar-refractivity contribution in [3.63, 3.8) is 0 Å². The summed E-state index contributed by atoms with van der Waals surface area (Å²) in [7, 11) is -0.690. The third-order valence-electron chi connectivity index (χ3n) is 4.64. The molecule has 0 aliphatic carbocycles. The van der Waals surface area contributed by atoms with Gasteiger partial charge in [0.05, 0.1) is 19.1 Å². The quantitative estimate of drug-likeness (QED) is 0.569. The number of amides is 1. The lowest BCUT2D eigenvalue weighted by atomic mass is 10.2. The Hall–Kier alpha value is -3.52. The highest BCUT2D eigenvalue weighted by atomic mass is 32.2. The fourth-order valence-electron chi connectivity index (χ4n) is 2.98. The highest BCUT2D eigenvalue weighted by molar-refractivity contribution is 7.92. The van der Waals surface area contributed by atoms with Gasteiger partial charge in [-0.2, -0.15) is 0 Å². The van der Waals surface area contributed by atoms with Gasteiger partial charge in [-0.05, 0) is 55.3 Å². The van der Waals surface area contributed by atoms with Gasteiger partial charge in [0, 0.05) is 35.1 Å². The summed E-state index contributed by atoms with van der Waals surface area (Å²) < 4.78 is 38.4. The first kappa shape index (κ1) is 22.2. The van der Waals surface area contributed by atoms with E-state index in [9.17, 15) is 13.2 Å². The number of methoxy groups -OCH3 is 2. The number of hydrogen-bond acceptors (Lipinski definition) is 5. The fraction of sp³-hybridized carbons (Fsp3) is 0.174. The van der Waals surface area contributed by atoms with Crippen molar-refractivity contribution < 1.29 is 22.7 Å². The number of aryl methyl sites for hydroxylation is 2. The number of ether oxygens (including phenoxy) is 2. The lowest BCUT2D eigenvalue weighted by Gasteiger charge is -2.12. The summed E-state index contributed by atoms with van der Waals surface area (Å²) in [6, 6.07) is 16.5. The van der Waals surface area contributed by atoms with E-state index in [0.717, 1.165) is 5.56 Å². The van der Waals surface area contributed by atoms with Crippen molar-refractivity contribution in [2.24, 2.45) is 0 Å². The molecule has 8 heteroatoms. The summed E-state index contributed by atoms with van der Waals surface area (Å²) in [5, 5.41) is 2.78. The molecule has 31 heavy (non-hydrogen) atoms. The van der Waals surface area contributed by atoms with Gasteiger partial charge in [-0.3, -0.25) is 9.52 Å². The lowest BCUT2D eigenvalue weighted by Crippen LogP contribution is -2.15. The zero-order chi connectivity index (χ0) is 22.6. The maximum absolute atomic E-state index is 12.7. The molecule has 3 rings (SSSR count). The predicted octanol–water partition coefficient (Wildman–Crippen LogP) is 4.37. The van der Waals surface area contributed by atoms with E-state index in [-0.39, 0.29) is 10.8 Å². The smallest absolute Gasteiger partial charge is 0.262 e. The molecule has 0 heterocycles. The number of sulfonamides is 1. The van der Waals surface area contributed by atoms with Crippen molar-refractivity contribution in [3.8, 4) is 11.5 Å². The van der Waals surface area contributed by atoms with E-state index in [1.165, 1.54) is 14.2 Å². The van der Waals surface area contributed by atoms with Crippen molar-refractivity contribution in [3.05, 3.63) is 77.4 Å². The fourth-order valence-corrected chi connectivity index (χ4v) is 4.37. The molecule has 0 saturated carbocycles. The minimum Gasteiger partial charge on any atom is -0.497 e. The minimum atomic E-state index is -3.74. The number of rotatable bonds is 7. The zero-order valence-electron chi connectivity index (χ0n) is 17.7. The predicted molar refractivity (Wildman–Crippen MR) is 121 cm³/mol. The van der Waals surface area contributed by atoms with Crippen LogP contribution in [0, 0.1) is 13.8 Å². The SMILES string of the molecule is COc1cc(NC(=O)c2ccc(NS(=O)(=O)c3cc(C)ccc3C)cc2)cc(OC)c1. The second-order valence-corrected chi connectivity index (χ2v) is 8.66. The van der Waals surface area contributed by atoms with E-state index in [2.05, 4.69) is 10.0 Å². The van der Waals surface area contributed by atoms with E-state index in [1.807, 2.05) is 13.0 Å². The Morgan fingerprint density at radius 1 is 0.806 bits per heavy atom. The Morgan fingerprint density at radius 3 is 2.00 bits per heavy atom. The van der Waals surface area contributed by atoms with E-state index >= 15 is 0 Å². The van der Waals surface area contributed by atoms with Crippen LogP contribution in [0.2, 0.25) is 0 Å². The molecule has 1 amide bonds. The van der Waals surface area contributed by atoms with Crippen LogP contribution in [0.15, 0.2) is 65.6 Å². The van der Waals surface area contributed by atoms with Crippen molar-refractivity contribution in [2.75, 3.05) is 24.3 Å². The van der Waals surface area contributed by atoms with Gasteiger partial charge in [-0.1, -0.05) is 12.1 Å². The third kappa shape index (κ3) is 5.35. The number of carbonyl (C=O) groups is 1. The first-order chi connectivity index (χ1) is 14.7. The summed E-state index contributed by atoms with van der Waals surface area (Å²) in [6.45, 7) is 3.58. The molecule has 7 nitrogen and oxygen atoms in total. The Morgan fingerprint density at radius 2 is 1.42 bits per heavy atom. The molecule has 2 N–H and O–H groups in total. The normalized spacial score (nSPS) is 11.0. The Balaban J connectivity index is 1.75. The summed E-state index contributed by atoms with van der Waals surface area (Å²) in [4.78, 5) is 12.8. The molecule has 162 valence electrons. The molecule has 0 aliphatic rings. The zero-order valence-corrected chi connectivity index (χ0v) is 18.5. The second kappa shape index (κ2) is 9.09. The number of anilines is 2. The summed E-state index contributed by atoms with van der Waals surface area (Å²) in [5.41, 5.74) is 2.76. The van der Waals surface area contributed by atoms with Crippen LogP contribution in [-0.2, 0) is 10.0 Å². The maximum atomic E-state index is 12.7. The topological polar surface area (TPSA) is 93.7 Å². The molecule has 0 unspecified atom stereocenters. The van der Waals surface area contributed by atoms with Gasteiger partial charge < -0.3 is 14.8 Å². The standard InChI is InChI=1S/C23H24N2O5S/c1-15-5-6-16(2)22(11-15)31(27,28)25-18-9-7-17(8-10-18)23(26)24-19-12-20(29-3)14-21(13-19)30-4/h5-14,25H,1-4H3,(H,24,26). The van der Waals surface area contributed by atoms with Crippen LogP contribution in [0.1, 0.15) is 21.5 Å². The van der Waals surface area contributed by atoms with Crippen LogP contribution in [0.4, 0.5) is 11.4 Å². The van der Waals surface area contributed by atoms with Gasteiger partial charge in [0.15, 0.2) is 0 Å². The van der Waals surface area contributed by atoms with Crippen molar-refractivity contribution in [2.45, 2.75) is 18.7 Å². The molecule has 0 radical (unpaired) electrons. The van der Waals surface area contributed by atoms with Crippen LogP contribution >= 0.6 is 0 Å². The van der Waals surface area contributed by atoms with Crippen LogP contribution < -0.4 is 19.5 Å². The monoisotopic (exact) mass is 440 g/mol. The molecule has 0 bridgehead atoms. The number of nitrogens with one attached hydrogen (secondary N) is 2. The highest BCUT2D eigenvalue weighted by Gasteiger charge is 2.17. The van der Waals surface area contributed by atoms with Crippen molar-refractivity contribution in [1.82, 2.24) is 0 Å². The number of hydrogen-bond donors (Lipinski definition) is 2. The number of carbonyl (C=O) groups excluding carboxylic acids is 1.